The lowest BCUT2D eigenvalue weighted by Gasteiger charge is -2.37. The van der Waals surface area contributed by atoms with E-state index in [1.807, 2.05) is 64.1 Å². The minimum atomic E-state index is -3.73. The minimum absolute atomic E-state index is 0.272. The van der Waals surface area contributed by atoms with E-state index in [-0.39, 0.29) is 6.54 Å². The van der Waals surface area contributed by atoms with E-state index in [2.05, 4.69) is 21.8 Å². The van der Waals surface area contributed by atoms with Gasteiger partial charge in [-0.25, -0.2) is 0 Å². The highest BCUT2D eigenvalue weighted by atomic mass is 32.2. The lowest BCUT2D eigenvalue weighted by molar-refractivity contribution is -0.0985. The zero-order valence-electron chi connectivity index (χ0n) is 18.9. The van der Waals surface area contributed by atoms with Gasteiger partial charge in [0.15, 0.2) is 0 Å². The van der Waals surface area contributed by atoms with Crippen molar-refractivity contribution >= 4 is 21.6 Å². The van der Waals surface area contributed by atoms with Crippen LogP contribution in [0.5, 0.6) is 0 Å². The standard InChI is InChI=1S/C24H33N3O3S/c1-19-7-5-6-8-22(19)27(31(28,29)25-23(2,3)4)15-20-9-11-21(12-10-20)26-14-13-24(16-26)17-30-18-24/h5-12,25H,13-18H2,1-4H3. The van der Waals surface area contributed by atoms with E-state index in [4.69, 9.17) is 4.74 Å². The zero-order chi connectivity index (χ0) is 22.3. The fraction of sp³-hybridized carbons (Fsp3) is 0.500. The molecule has 0 atom stereocenters. The van der Waals surface area contributed by atoms with Crippen molar-refractivity contribution in [3.63, 3.8) is 0 Å². The minimum Gasteiger partial charge on any atom is -0.380 e. The summed E-state index contributed by atoms with van der Waals surface area (Å²) in [4.78, 5) is 2.41. The molecule has 2 aliphatic heterocycles. The van der Waals surface area contributed by atoms with E-state index in [0.717, 1.165) is 37.4 Å². The van der Waals surface area contributed by atoms with Crippen molar-refractivity contribution in [2.24, 2.45) is 5.41 Å². The molecule has 1 N–H and O–H groups in total. The van der Waals surface area contributed by atoms with Crippen LogP contribution in [-0.2, 0) is 21.5 Å². The second-order valence-corrected chi connectivity index (χ2v) is 11.6. The Kier molecular flexibility index (Phi) is 5.79. The van der Waals surface area contributed by atoms with Crippen LogP contribution in [0.25, 0.3) is 0 Å². The van der Waals surface area contributed by atoms with E-state index in [1.165, 1.54) is 16.4 Å². The Hall–Kier alpha value is -2.09. The summed E-state index contributed by atoms with van der Waals surface area (Å²) in [5, 5.41) is 0. The molecule has 7 heteroatoms. The molecule has 2 fully saturated rings. The summed E-state index contributed by atoms with van der Waals surface area (Å²) in [6.07, 6.45) is 1.17. The van der Waals surface area contributed by atoms with Crippen molar-refractivity contribution in [3.8, 4) is 0 Å². The van der Waals surface area contributed by atoms with Crippen LogP contribution in [0.1, 0.15) is 38.3 Å². The van der Waals surface area contributed by atoms with Crippen LogP contribution in [0.4, 0.5) is 11.4 Å². The van der Waals surface area contributed by atoms with Gasteiger partial charge in [0.05, 0.1) is 25.4 Å². The van der Waals surface area contributed by atoms with Gasteiger partial charge in [-0.2, -0.15) is 13.1 Å². The third-order valence-electron chi connectivity index (χ3n) is 5.99. The van der Waals surface area contributed by atoms with Crippen LogP contribution in [0.15, 0.2) is 48.5 Å². The Morgan fingerprint density at radius 1 is 1.10 bits per heavy atom. The van der Waals surface area contributed by atoms with Crippen molar-refractivity contribution in [3.05, 3.63) is 59.7 Å². The number of rotatable bonds is 6. The van der Waals surface area contributed by atoms with Gasteiger partial charge >= 0.3 is 10.2 Å². The summed E-state index contributed by atoms with van der Waals surface area (Å²) in [6, 6.07) is 15.9. The molecule has 0 amide bonds. The number of benzene rings is 2. The highest BCUT2D eigenvalue weighted by Crippen LogP contribution is 2.39. The predicted octanol–water partition coefficient (Wildman–Crippen LogP) is 3.86. The molecule has 0 bridgehead atoms. The van der Waals surface area contributed by atoms with Crippen LogP contribution >= 0.6 is 0 Å². The summed E-state index contributed by atoms with van der Waals surface area (Å²) in [6.45, 7) is 11.6. The van der Waals surface area contributed by atoms with Gasteiger partial charge in [-0.3, -0.25) is 4.31 Å². The third kappa shape index (κ3) is 4.89. The third-order valence-corrected chi connectivity index (χ3v) is 7.77. The van der Waals surface area contributed by atoms with Gasteiger partial charge in [-0.1, -0.05) is 30.3 Å². The molecule has 2 aromatic carbocycles. The van der Waals surface area contributed by atoms with Crippen LogP contribution < -0.4 is 13.9 Å². The van der Waals surface area contributed by atoms with Crippen LogP contribution in [0, 0.1) is 12.3 Å². The summed E-state index contributed by atoms with van der Waals surface area (Å²) in [5.41, 5.74) is 3.52. The first-order valence-corrected chi connectivity index (χ1v) is 12.3. The van der Waals surface area contributed by atoms with Crippen molar-refractivity contribution < 1.29 is 13.2 Å². The molecule has 0 radical (unpaired) electrons. The van der Waals surface area contributed by atoms with Crippen molar-refractivity contribution in [1.29, 1.82) is 0 Å². The van der Waals surface area contributed by atoms with Gasteiger partial charge in [0.2, 0.25) is 0 Å². The Labute approximate surface area is 186 Å². The fourth-order valence-electron chi connectivity index (χ4n) is 4.34. The molecule has 2 saturated heterocycles. The second-order valence-electron chi connectivity index (χ2n) is 9.98. The average molecular weight is 444 g/mol. The maximum absolute atomic E-state index is 13.3. The predicted molar refractivity (Wildman–Crippen MR) is 126 cm³/mol. The molecule has 0 unspecified atom stereocenters. The molecule has 2 aliphatic rings. The Morgan fingerprint density at radius 2 is 1.77 bits per heavy atom. The molecule has 2 heterocycles. The Balaban J connectivity index is 1.56. The van der Waals surface area contributed by atoms with Gasteiger partial charge in [0, 0.05) is 29.7 Å². The van der Waals surface area contributed by atoms with Gasteiger partial charge in [0.25, 0.3) is 0 Å². The number of anilines is 2. The summed E-state index contributed by atoms with van der Waals surface area (Å²) in [7, 11) is -3.73. The molecule has 4 rings (SSSR count). The number of nitrogens with one attached hydrogen (secondary N) is 1. The molecule has 31 heavy (non-hydrogen) atoms. The van der Waals surface area contributed by atoms with E-state index in [0.29, 0.717) is 11.1 Å². The normalized spacial score (nSPS) is 18.3. The first-order chi connectivity index (χ1) is 14.6. The Morgan fingerprint density at radius 3 is 2.32 bits per heavy atom. The highest BCUT2D eigenvalue weighted by molar-refractivity contribution is 7.90. The largest absolute Gasteiger partial charge is 0.380 e. The number of para-hydroxylation sites is 1. The lowest BCUT2D eigenvalue weighted by atomic mass is 9.85. The van der Waals surface area contributed by atoms with E-state index >= 15 is 0 Å². The van der Waals surface area contributed by atoms with Gasteiger partial charge < -0.3 is 9.64 Å². The monoisotopic (exact) mass is 443 g/mol. The molecule has 6 nitrogen and oxygen atoms in total. The quantitative estimate of drug-likeness (QED) is 0.736. The zero-order valence-corrected chi connectivity index (χ0v) is 19.7. The molecule has 168 valence electrons. The van der Waals surface area contributed by atoms with Crippen LogP contribution in [-0.4, -0.2) is 40.3 Å². The molecular weight excluding hydrogens is 410 g/mol. The average Bonchev–Trinajstić information content (AvgIpc) is 3.12. The summed E-state index contributed by atoms with van der Waals surface area (Å²) >= 11 is 0. The molecule has 2 aromatic rings. The van der Waals surface area contributed by atoms with Gasteiger partial charge in [-0.15, -0.1) is 0 Å². The number of nitrogens with zero attached hydrogens (tertiary/aromatic N) is 2. The number of hydrogen-bond acceptors (Lipinski definition) is 4. The lowest BCUT2D eigenvalue weighted by Crippen LogP contribution is -2.49. The van der Waals surface area contributed by atoms with Crippen molar-refractivity contribution in [2.75, 3.05) is 35.5 Å². The SMILES string of the molecule is Cc1ccccc1N(Cc1ccc(N2CCC3(COC3)C2)cc1)S(=O)(=O)NC(C)(C)C. The number of aryl methyl sites for hydroxylation is 1. The van der Waals surface area contributed by atoms with Gasteiger partial charge in [0.1, 0.15) is 0 Å². The van der Waals surface area contributed by atoms with Crippen LogP contribution in [0.3, 0.4) is 0 Å². The molecule has 0 saturated carbocycles. The van der Waals surface area contributed by atoms with E-state index < -0.39 is 15.7 Å². The smallest absolute Gasteiger partial charge is 0.302 e. The molecular formula is C24H33N3O3S. The molecule has 0 aliphatic carbocycles. The number of hydrogen-bond donors (Lipinski definition) is 1. The first-order valence-electron chi connectivity index (χ1n) is 10.9. The highest BCUT2D eigenvalue weighted by Gasteiger charge is 2.44. The van der Waals surface area contributed by atoms with Crippen LogP contribution in [0.2, 0.25) is 0 Å². The summed E-state index contributed by atoms with van der Waals surface area (Å²) < 4.78 is 36.3. The first kappa shape index (κ1) is 22.1. The van der Waals surface area contributed by atoms with Crippen molar-refractivity contribution in [1.82, 2.24) is 4.72 Å². The molecule has 0 aromatic heterocycles. The topological polar surface area (TPSA) is 61.9 Å². The van der Waals surface area contributed by atoms with E-state index in [1.54, 1.807) is 0 Å². The van der Waals surface area contributed by atoms with Gasteiger partial charge in [-0.05, 0) is 63.4 Å². The number of ether oxygens (including phenoxy) is 1. The maximum Gasteiger partial charge on any atom is 0.302 e. The second kappa shape index (κ2) is 8.11. The maximum atomic E-state index is 13.3. The Bertz CT molecular complexity index is 1020. The molecule has 1 spiro atoms. The summed E-state index contributed by atoms with van der Waals surface area (Å²) in [5.74, 6) is 0. The van der Waals surface area contributed by atoms with E-state index in [9.17, 15) is 8.42 Å². The van der Waals surface area contributed by atoms with Crippen molar-refractivity contribution in [2.45, 2.75) is 46.2 Å². The fourth-order valence-corrected chi connectivity index (χ4v) is 6.01.